The first-order valence-corrected chi connectivity index (χ1v) is 4.78. The zero-order valence-electron chi connectivity index (χ0n) is 7.58. The highest BCUT2D eigenvalue weighted by Crippen LogP contribution is 2.37. The molecule has 1 atom stereocenters. The van der Waals surface area contributed by atoms with E-state index in [4.69, 9.17) is 0 Å². The van der Waals surface area contributed by atoms with E-state index >= 15 is 0 Å². The van der Waals surface area contributed by atoms with E-state index in [-0.39, 0.29) is 0 Å². The van der Waals surface area contributed by atoms with Crippen LogP contribution in [0.4, 0.5) is 26.3 Å². The molecular formula is C7H8F6OS. The van der Waals surface area contributed by atoms with Gasteiger partial charge in [0, 0.05) is 19.1 Å². The quantitative estimate of drug-likeness (QED) is 0.717. The van der Waals surface area contributed by atoms with Gasteiger partial charge in [-0.05, 0) is 0 Å². The molecule has 0 spiro atoms. The van der Waals surface area contributed by atoms with Crippen LogP contribution in [-0.2, 0) is 4.79 Å². The zero-order chi connectivity index (χ0) is 12.3. The maximum absolute atomic E-state index is 12.5. The first-order chi connectivity index (χ1) is 6.57. The Labute approximate surface area is 86.2 Å². The van der Waals surface area contributed by atoms with Gasteiger partial charge in [-0.1, -0.05) is 11.8 Å². The maximum atomic E-state index is 12.5. The van der Waals surface area contributed by atoms with E-state index in [0.29, 0.717) is 11.8 Å². The Morgan fingerprint density at radius 1 is 1.27 bits per heavy atom. The molecule has 1 nitrogen and oxygen atoms in total. The Kier molecular flexibility index (Phi) is 4.95. The molecule has 0 saturated heterocycles. The lowest BCUT2D eigenvalue weighted by Crippen LogP contribution is -2.42. The number of halogens is 6. The summed E-state index contributed by atoms with van der Waals surface area (Å²) in [6.07, 6.45) is -11.1. The SMILES string of the molecule is CC(=O)SCCC(F)(F)C(F)C(F)(F)F. The van der Waals surface area contributed by atoms with Crippen molar-refractivity contribution in [3.05, 3.63) is 0 Å². The monoisotopic (exact) mass is 254 g/mol. The fraction of sp³-hybridized carbons (Fsp3) is 0.857. The Bertz CT molecular complexity index is 226. The molecule has 0 radical (unpaired) electrons. The van der Waals surface area contributed by atoms with Gasteiger partial charge in [0.1, 0.15) is 0 Å². The van der Waals surface area contributed by atoms with Crippen LogP contribution in [0.3, 0.4) is 0 Å². The van der Waals surface area contributed by atoms with Gasteiger partial charge in [0.25, 0.3) is 12.1 Å². The van der Waals surface area contributed by atoms with Crippen LogP contribution in [-0.4, -0.2) is 29.1 Å². The number of rotatable bonds is 4. The summed E-state index contributed by atoms with van der Waals surface area (Å²) in [6.45, 7) is 1.08. The van der Waals surface area contributed by atoms with Crippen molar-refractivity contribution in [1.29, 1.82) is 0 Å². The van der Waals surface area contributed by atoms with Crippen molar-refractivity contribution in [3.63, 3.8) is 0 Å². The average molecular weight is 254 g/mol. The molecule has 0 saturated carbocycles. The van der Waals surface area contributed by atoms with Gasteiger partial charge in [0.15, 0.2) is 5.12 Å². The molecule has 0 fully saturated rings. The summed E-state index contributed by atoms with van der Waals surface area (Å²) in [4.78, 5) is 10.3. The number of hydrogen-bond donors (Lipinski definition) is 0. The summed E-state index contributed by atoms with van der Waals surface area (Å²) in [5.74, 6) is -5.03. The van der Waals surface area contributed by atoms with Crippen molar-refractivity contribution >= 4 is 16.9 Å². The lowest BCUT2D eigenvalue weighted by molar-refractivity contribution is -0.244. The summed E-state index contributed by atoms with van der Waals surface area (Å²) in [6, 6.07) is 0. The first kappa shape index (κ1) is 14.6. The second kappa shape index (κ2) is 5.09. The molecule has 0 amide bonds. The number of alkyl halides is 6. The molecule has 90 valence electrons. The van der Waals surface area contributed by atoms with E-state index in [2.05, 4.69) is 0 Å². The van der Waals surface area contributed by atoms with Crippen molar-refractivity contribution in [2.24, 2.45) is 0 Å². The second-order valence-electron chi connectivity index (χ2n) is 2.76. The van der Waals surface area contributed by atoms with Crippen molar-refractivity contribution in [2.45, 2.75) is 31.6 Å². The molecule has 0 aromatic carbocycles. The maximum Gasteiger partial charge on any atom is 0.425 e. The largest absolute Gasteiger partial charge is 0.425 e. The number of hydrogen-bond acceptors (Lipinski definition) is 2. The summed E-state index contributed by atoms with van der Waals surface area (Å²) >= 11 is 0.433. The van der Waals surface area contributed by atoms with Crippen LogP contribution in [0.1, 0.15) is 13.3 Å². The second-order valence-corrected chi connectivity index (χ2v) is 4.03. The molecule has 0 aromatic rings. The Morgan fingerprint density at radius 2 is 1.73 bits per heavy atom. The van der Waals surface area contributed by atoms with E-state index in [9.17, 15) is 31.1 Å². The molecular weight excluding hydrogens is 246 g/mol. The average Bonchev–Trinajstić information content (AvgIpc) is 2.00. The topological polar surface area (TPSA) is 17.1 Å². The molecule has 0 heterocycles. The van der Waals surface area contributed by atoms with Gasteiger partial charge in [0.2, 0.25) is 0 Å². The van der Waals surface area contributed by atoms with E-state index in [1.165, 1.54) is 0 Å². The minimum atomic E-state index is -5.58. The van der Waals surface area contributed by atoms with Gasteiger partial charge in [-0.2, -0.15) is 13.2 Å². The van der Waals surface area contributed by atoms with Gasteiger partial charge in [-0.3, -0.25) is 4.79 Å². The van der Waals surface area contributed by atoms with Crippen molar-refractivity contribution in [1.82, 2.24) is 0 Å². The molecule has 0 aromatic heterocycles. The highest BCUT2D eigenvalue weighted by Gasteiger charge is 2.56. The Morgan fingerprint density at radius 3 is 2.07 bits per heavy atom. The first-order valence-electron chi connectivity index (χ1n) is 3.79. The smallest absolute Gasteiger partial charge is 0.288 e. The summed E-state index contributed by atoms with van der Waals surface area (Å²) in [5, 5.41) is -0.506. The predicted molar refractivity (Wildman–Crippen MR) is 43.7 cm³/mol. The van der Waals surface area contributed by atoms with Crippen molar-refractivity contribution < 1.29 is 31.1 Å². The van der Waals surface area contributed by atoms with Crippen LogP contribution in [0.2, 0.25) is 0 Å². The number of thioether (sulfide) groups is 1. The summed E-state index contributed by atoms with van der Waals surface area (Å²) in [5.41, 5.74) is 0. The number of carbonyl (C=O) groups is 1. The van der Waals surface area contributed by atoms with Gasteiger partial charge in [-0.25, -0.2) is 13.2 Å². The molecule has 15 heavy (non-hydrogen) atoms. The lowest BCUT2D eigenvalue weighted by Gasteiger charge is -2.22. The molecule has 0 aliphatic carbocycles. The molecule has 0 bridgehead atoms. The minimum absolute atomic E-state index is 0.433. The van der Waals surface area contributed by atoms with Crippen LogP contribution in [0.5, 0.6) is 0 Å². The zero-order valence-corrected chi connectivity index (χ0v) is 8.39. The molecule has 0 aliphatic rings. The van der Waals surface area contributed by atoms with E-state index in [1.54, 1.807) is 0 Å². The van der Waals surface area contributed by atoms with Crippen LogP contribution in [0.25, 0.3) is 0 Å². The molecule has 8 heteroatoms. The van der Waals surface area contributed by atoms with Crippen molar-refractivity contribution in [2.75, 3.05) is 5.75 Å². The van der Waals surface area contributed by atoms with Gasteiger partial charge < -0.3 is 0 Å². The third-order valence-corrected chi connectivity index (χ3v) is 2.21. The van der Waals surface area contributed by atoms with Crippen molar-refractivity contribution in [3.8, 4) is 0 Å². The summed E-state index contributed by atoms with van der Waals surface area (Å²) < 4.78 is 72.1. The minimum Gasteiger partial charge on any atom is -0.288 e. The van der Waals surface area contributed by atoms with Crippen LogP contribution >= 0.6 is 11.8 Å². The molecule has 0 N–H and O–H groups in total. The van der Waals surface area contributed by atoms with E-state index < -0.39 is 35.6 Å². The third-order valence-electron chi connectivity index (χ3n) is 1.40. The molecule has 1 unspecified atom stereocenters. The highest BCUT2D eigenvalue weighted by molar-refractivity contribution is 8.13. The summed E-state index contributed by atoms with van der Waals surface area (Å²) in [7, 11) is 0. The Hall–Kier alpha value is -0.400. The van der Waals surface area contributed by atoms with Crippen LogP contribution in [0.15, 0.2) is 0 Å². The van der Waals surface area contributed by atoms with Crippen LogP contribution < -0.4 is 0 Å². The van der Waals surface area contributed by atoms with Crippen LogP contribution in [0, 0.1) is 0 Å². The Balaban J connectivity index is 4.23. The molecule has 0 aliphatic heterocycles. The van der Waals surface area contributed by atoms with Gasteiger partial charge in [-0.15, -0.1) is 0 Å². The number of carbonyl (C=O) groups excluding carboxylic acids is 1. The molecule has 0 rings (SSSR count). The standard InChI is InChI=1S/C7H8F6OS/c1-4(14)15-3-2-6(9,10)5(8)7(11,12)13/h5H,2-3H2,1H3. The third kappa shape index (κ3) is 5.29. The van der Waals surface area contributed by atoms with E-state index in [1.807, 2.05) is 0 Å². The van der Waals surface area contributed by atoms with E-state index in [0.717, 1.165) is 6.92 Å². The lowest BCUT2D eigenvalue weighted by atomic mass is 10.1. The predicted octanol–water partition coefficient (Wildman–Crippen LogP) is 3.19. The van der Waals surface area contributed by atoms with Gasteiger partial charge >= 0.3 is 6.18 Å². The fourth-order valence-electron chi connectivity index (χ4n) is 0.697. The fourth-order valence-corrected chi connectivity index (χ4v) is 1.36. The highest BCUT2D eigenvalue weighted by atomic mass is 32.2. The normalized spacial score (nSPS) is 15.1. The van der Waals surface area contributed by atoms with Gasteiger partial charge in [0.05, 0.1) is 0 Å².